The van der Waals surface area contributed by atoms with Crippen LogP contribution in [0.3, 0.4) is 0 Å². The minimum Gasteiger partial charge on any atom is -0.382 e. The quantitative estimate of drug-likeness (QED) is 0.686. The Morgan fingerprint density at radius 3 is 2.75 bits per heavy atom. The van der Waals surface area contributed by atoms with E-state index < -0.39 is 0 Å². The van der Waals surface area contributed by atoms with Crippen LogP contribution in [0.1, 0.15) is 26.7 Å². The maximum absolute atomic E-state index is 12.2. The van der Waals surface area contributed by atoms with Crippen LogP contribution >= 0.6 is 12.4 Å². The van der Waals surface area contributed by atoms with Crippen molar-refractivity contribution in [3.63, 3.8) is 0 Å². The molecule has 0 aliphatic carbocycles. The lowest BCUT2D eigenvalue weighted by Crippen LogP contribution is -2.46. The summed E-state index contributed by atoms with van der Waals surface area (Å²) in [5, 5.41) is 0. The van der Waals surface area contributed by atoms with Gasteiger partial charge in [-0.25, -0.2) is 0 Å². The Kier molecular flexibility index (Phi) is 10.2. The molecule has 0 spiro atoms. The molecule has 1 amide bonds. The molecule has 0 radical (unpaired) electrons. The van der Waals surface area contributed by atoms with Gasteiger partial charge in [-0.2, -0.15) is 0 Å². The number of nitrogens with two attached hydrogens (primary N) is 1. The van der Waals surface area contributed by atoms with Crippen LogP contribution in [-0.2, 0) is 14.3 Å². The van der Waals surface area contributed by atoms with Gasteiger partial charge in [-0.3, -0.25) is 4.79 Å². The second-order valence-electron chi connectivity index (χ2n) is 5.42. The molecule has 20 heavy (non-hydrogen) atoms. The van der Waals surface area contributed by atoms with Crippen molar-refractivity contribution in [1.82, 2.24) is 4.90 Å². The predicted molar refractivity (Wildman–Crippen MR) is 82.1 cm³/mol. The lowest BCUT2D eigenvalue weighted by Gasteiger charge is -2.24. The summed E-state index contributed by atoms with van der Waals surface area (Å²) < 4.78 is 10.5. The van der Waals surface area contributed by atoms with Crippen molar-refractivity contribution in [1.29, 1.82) is 0 Å². The number of hydrogen-bond acceptors (Lipinski definition) is 4. The molecule has 1 aliphatic rings. The molecule has 1 aliphatic heterocycles. The zero-order valence-electron chi connectivity index (χ0n) is 12.8. The molecule has 3 unspecified atom stereocenters. The van der Waals surface area contributed by atoms with Crippen LogP contribution in [-0.4, -0.2) is 56.9 Å². The summed E-state index contributed by atoms with van der Waals surface area (Å²) in [5.41, 5.74) is 6.00. The molecule has 120 valence electrons. The van der Waals surface area contributed by atoms with Gasteiger partial charge >= 0.3 is 0 Å². The van der Waals surface area contributed by atoms with Gasteiger partial charge in [0.25, 0.3) is 0 Å². The summed E-state index contributed by atoms with van der Waals surface area (Å²) in [7, 11) is 1.66. The van der Waals surface area contributed by atoms with Gasteiger partial charge in [0, 0.05) is 26.1 Å². The lowest BCUT2D eigenvalue weighted by atomic mass is 9.99. The highest BCUT2D eigenvalue weighted by molar-refractivity contribution is 5.85. The van der Waals surface area contributed by atoms with Gasteiger partial charge in [-0.1, -0.05) is 20.3 Å². The summed E-state index contributed by atoms with van der Waals surface area (Å²) in [6.07, 6.45) is 1.94. The highest BCUT2D eigenvalue weighted by atomic mass is 35.5. The van der Waals surface area contributed by atoms with Crippen molar-refractivity contribution in [2.24, 2.45) is 17.6 Å². The maximum Gasteiger partial charge on any atom is 0.239 e. The Bertz CT molecular complexity index is 279. The number of methoxy groups -OCH3 is 1. The van der Waals surface area contributed by atoms with Gasteiger partial charge in [0.05, 0.1) is 25.9 Å². The van der Waals surface area contributed by atoms with E-state index in [1.165, 1.54) is 0 Å². The van der Waals surface area contributed by atoms with Crippen LogP contribution in [0.2, 0.25) is 0 Å². The molecule has 6 heteroatoms. The first-order chi connectivity index (χ1) is 9.10. The minimum atomic E-state index is -0.363. The Balaban J connectivity index is 0.00000361. The van der Waals surface area contributed by atoms with Crippen molar-refractivity contribution < 1.29 is 14.3 Å². The average molecular weight is 309 g/mol. The van der Waals surface area contributed by atoms with E-state index in [-0.39, 0.29) is 30.3 Å². The summed E-state index contributed by atoms with van der Waals surface area (Å²) >= 11 is 0. The first-order valence-corrected chi connectivity index (χ1v) is 7.21. The molecule has 1 fully saturated rings. The molecular formula is C14H29ClN2O3. The Morgan fingerprint density at radius 2 is 2.15 bits per heavy atom. The van der Waals surface area contributed by atoms with Gasteiger partial charge in [0.2, 0.25) is 5.91 Å². The number of carbonyl (C=O) groups excluding carboxylic acids is 1. The van der Waals surface area contributed by atoms with E-state index in [0.29, 0.717) is 25.7 Å². The first kappa shape index (κ1) is 19.6. The van der Waals surface area contributed by atoms with E-state index in [1.807, 2.05) is 11.8 Å². The second-order valence-corrected chi connectivity index (χ2v) is 5.42. The molecule has 0 bridgehead atoms. The third-order valence-electron chi connectivity index (χ3n) is 3.93. The van der Waals surface area contributed by atoms with E-state index >= 15 is 0 Å². The molecule has 2 N–H and O–H groups in total. The molecule has 0 aromatic carbocycles. The average Bonchev–Trinajstić information content (AvgIpc) is 2.89. The largest absolute Gasteiger partial charge is 0.382 e. The Hall–Kier alpha value is -0.360. The highest BCUT2D eigenvalue weighted by Gasteiger charge is 2.31. The van der Waals surface area contributed by atoms with E-state index in [9.17, 15) is 4.79 Å². The van der Waals surface area contributed by atoms with Crippen LogP contribution in [0.25, 0.3) is 0 Å². The smallest absolute Gasteiger partial charge is 0.239 e. The summed E-state index contributed by atoms with van der Waals surface area (Å²) in [5.74, 6) is 0.767. The molecular weight excluding hydrogens is 280 g/mol. The summed E-state index contributed by atoms with van der Waals surface area (Å²) in [4.78, 5) is 14.1. The van der Waals surface area contributed by atoms with Gasteiger partial charge in [0.1, 0.15) is 0 Å². The van der Waals surface area contributed by atoms with E-state index in [1.54, 1.807) is 7.11 Å². The third kappa shape index (κ3) is 5.95. The predicted octanol–water partition coefficient (Wildman–Crippen LogP) is 1.29. The van der Waals surface area contributed by atoms with Crippen molar-refractivity contribution in [3.05, 3.63) is 0 Å². The fourth-order valence-corrected chi connectivity index (χ4v) is 2.27. The number of halogens is 1. The maximum atomic E-state index is 12.2. The van der Waals surface area contributed by atoms with Crippen LogP contribution in [0, 0.1) is 11.8 Å². The van der Waals surface area contributed by atoms with E-state index in [2.05, 4.69) is 6.92 Å². The molecule has 5 nitrogen and oxygen atoms in total. The van der Waals surface area contributed by atoms with Gasteiger partial charge in [0.15, 0.2) is 0 Å². The number of rotatable bonds is 8. The normalized spacial score (nSPS) is 21.4. The molecule has 0 aromatic heterocycles. The number of carbonyl (C=O) groups is 1. The summed E-state index contributed by atoms with van der Waals surface area (Å²) in [6, 6.07) is -0.363. The SMILES string of the molecule is CCC(C)C(N)C(=O)N1CCC(COCCOC)C1.Cl. The minimum absolute atomic E-state index is 0. The first-order valence-electron chi connectivity index (χ1n) is 7.21. The Labute approximate surface area is 128 Å². The number of ether oxygens (including phenoxy) is 2. The molecule has 1 rings (SSSR count). The molecule has 3 atom stereocenters. The van der Waals surface area contributed by atoms with Gasteiger partial charge < -0.3 is 20.1 Å². The highest BCUT2D eigenvalue weighted by Crippen LogP contribution is 2.19. The van der Waals surface area contributed by atoms with Crippen molar-refractivity contribution in [3.8, 4) is 0 Å². The van der Waals surface area contributed by atoms with Gasteiger partial charge in [-0.15, -0.1) is 12.4 Å². The fourth-order valence-electron chi connectivity index (χ4n) is 2.27. The zero-order chi connectivity index (χ0) is 14.3. The van der Waals surface area contributed by atoms with Crippen LogP contribution in [0.5, 0.6) is 0 Å². The van der Waals surface area contributed by atoms with Gasteiger partial charge in [-0.05, 0) is 12.3 Å². The monoisotopic (exact) mass is 308 g/mol. The van der Waals surface area contributed by atoms with Crippen LogP contribution < -0.4 is 5.73 Å². The summed E-state index contributed by atoms with van der Waals surface area (Å²) in [6.45, 7) is 7.61. The molecule has 0 aromatic rings. The van der Waals surface area contributed by atoms with Crippen molar-refractivity contribution >= 4 is 18.3 Å². The lowest BCUT2D eigenvalue weighted by molar-refractivity contribution is -0.132. The number of hydrogen-bond donors (Lipinski definition) is 1. The standard InChI is InChI=1S/C14H28N2O3.ClH/c1-4-11(2)13(15)14(17)16-6-5-12(9-16)10-19-8-7-18-3;/h11-13H,4-10,15H2,1-3H3;1H. The Morgan fingerprint density at radius 1 is 1.45 bits per heavy atom. The number of nitrogens with zero attached hydrogens (tertiary/aromatic N) is 1. The molecule has 0 saturated carbocycles. The second kappa shape index (κ2) is 10.4. The van der Waals surface area contributed by atoms with Crippen LogP contribution in [0.15, 0.2) is 0 Å². The topological polar surface area (TPSA) is 64.8 Å². The van der Waals surface area contributed by atoms with Crippen molar-refractivity contribution in [2.45, 2.75) is 32.7 Å². The molecule has 1 saturated heterocycles. The molecule has 1 heterocycles. The number of likely N-dealkylation sites (tertiary alicyclic amines) is 1. The zero-order valence-corrected chi connectivity index (χ0v) is 13.7. The van der Waals surface area contributed by atoms with E-state index in [0.717, 1.165) is 25.9 Å². The van der Waals surface area contributed by atoms with Crippen LogP contribution in [0.4, 0.5) is 0 Å². The number of amides is 1. The van der Waals surface area contributed by atoms with E-state index in [4.69, 9.17) is 15.2 Å². The fraction of sp³-hybridized carbons (Fsp3) is 0.929. The third-order valence-corrected chi connectivity index (χ3v) is 3.93. The van der Waals surface area contributed by atoms with Crippen molar-refractivity contribution in [2.75, 3.05) is 40.0 Å².